The smallest absolute Gasteiger partial charge is 0.335 e. The van der Waals surface area contributed by atoms with Crippen LogP contribution in [-0.4, -0.2) is 30.2 Å². The molecule has 0 aromatic heterocycles. The lowest BCUT2D eigenvalue weighted by molar-refractivity contribution is -0.122. The minimum atomic E-state index is -1.16. The molecule has 1 aliphatic rings. The Kier molecular flexibility index (Phi) is 4.90. The zero-order valence-electron chi connectivity index (χ0n) is 11.8. The first-order valence-electron chi connectivity index (χ1n) is 6.90. The van der Waals surface area contributed by atoms with E-state index in [1.807, 2.05) is 0 Å². The maximum absolute atomic E-state index is 13.7. The number of aromatic carboxylic acids is 1. The largest absolute Gasteiger partial charge is 0.478 e. The summed E-state index contributed by atoms with van der Waals surface area (Å²) in [5.41, 5.74) is -0.163. The van der Waals surface area contributed by atoms with Gasteiger partial charge in [-0.25, -0.2) is 9.18 Å². The first-order valence-corrected chi connectivity index (χ1v) is 6.90. The minimum Gasteiger partial charge on any atom is -0.478 e. The van der Waals surface area contributed by atoms with Crippen molar-refractivity contribution in [3.8, 4) is 0 Å². The van der Waals surface area contributed by atoms with Gasteiger partial charge in [-0.1, -0.05) is 6.92 Å². The number of halogens is 1. The molecule has 2 rings (SSSR count). The molecule has 1 unspecified atom stereocenters. The van der Waals surface area contributed by atoms with Crippen LogP contribution in [0.2, 0.25) is 0 Å². The lowest BCUT2D eigenvalue weighted by Gasteiger charge is -2.27. The van der Waals surface area contributed by atoms with Gasteiger partial charge in [-0.05, 0) is 37.0 Å². The van der Waals surface area contributed by atoms with E-state index in [0.717, 1.165) is 31.0 Å². The normalized spacial score (nSPS) is 17.2. The maximum Gasteiger partial charge on any atom is 0.335 e. The molecule has 1 aromatic rings. The maximum atomic E-state index is 13.7. The van der Waals surface area contributed by atoms with Gasteiger partial charge in [0.15, 0.2) is 0 Å². The van der Waals surface area contributed by atoms with Crippen LogP contribution in [0.3, 0.4) is 0 Å². The van der Waals surface area contributed by atoms with Gasteiger partial charge < -0.3 is 15.2 Å². The molecule has 114 valence electrons. The number of ether oxygens (including phenoxy) is 1. The van der Waals surface area contributed by atoms with Crippen LogP contribution in [0.1, 0.15) is 30.1 Å². The first-order chi connectivity index (χ1) is 9.99. The Labute approximate surface area is 122 Å². The van der Waals surface area contributed by atoms with Gasteiger partial charge in [0.05, 0.1) is 11.3 Å². The summed E-state index contributed by atoms with van der Waals surface area (Å²) >= 11 is 0. The Morgan fingerprint density at radius 2 is 2.05 bits per heavy atom. The number of amides is 1. The molecule has 1 aromatic carbocycles. The summed E-state index contributed by atoms with van der Waals surface area (Å²) in [5, 5.41) is 11.4. The number of carbonyl (C=O) groups is 2. The first kappa shape index (κ1) is 15.4. The van der Waals surface area contributed by atoms with E-state index in [4.69, 9.17) is 9.84 Å². The van der Waals surface area contributed by atoms with Crippen molar-refractivity contribution in [2.75, 3.05) is 18.5 Å². The molecule has 5 nitrogen and oxygen atoms in total. The van der Waals surface area contributed by atoms with E-state index >= 15 is 0 Å². The lowest BCUT2D eigenvalue weighted by atomic mass is 9.86. The van der Waals surface area contributed by atoms with Crippen LogP contribution < -0.4 is 5.32 Å². The second-order valence-electron chi connectivity index (χ2n) is 5.23. The van der Waals surface area contributed by atoms with Crippen molar-refractivity contribution in [1.82, 2.24) is 0 Å². The molecule has 1 heterocycles. The standard InChI is InChI=1S/C15H18FNO4/c1-9(10-4-6-21-7-5-10)14(18)17-13-8-11(15(19)20)2-3-12(13)16/h2-3,8-10H,4-7H2,1H3,(H,17,18)(H,19,20). The van der Waals surface area contributed by atoms with Crippen molar-refractivity contribution < 1.29 is 23.8 Å². The highest BCUT2D eigenvalue weighted by Gasteiger charge is 2.26. The Morgan fingerprint density at radius 1 is 1.38 bits per heavy atom. The molecule has 1 amide bonds. The number of hydrogen-bond acceptors (Lipinski definition) is 3. The van der Waals surface area contributed by atoms with Crippen molar-refractivity contribution in [3.63, 3.8) is 0 Å². The number of anilines is 1. The average molecular weight is 295 g/mol. The van der Waals surface area contributed by atoms with Gasteiger partial charge in [0.1, 0.15) is 5.82 Å². The van der Waals surface area contributed by atoms with Crippen LogP contribution in [0, 0.1) is 17.7 Å². The second kappa shape index (κ2) is 6.67. The minimum absolute atomic E-state index is 0.0644. The molecule has 0 aliphatic carbocycles. The monoisotopic (exact) mass is 295 g/mol. The second-order valence-corrected chi connectivity index (χ2v) is 5.23. The average Bonchev–Trinajstić information content (AvgIpc) is 2.49. The summed E-state index contributed by atoms with van der Waals surface area (Å²) in [7, 11) is 0. The number of carbonyl (C=O) groups excluding carboxylic acids is 1. The molecule has 1 aliphatic heterocycles. The Hall–Kier alpha value is -1.95. The van der Waals surface area contributed by atoms with Gasteiger partial charge in [-0.3, -0.25) is 4.79 Å². The number of carboxylic acids is 1. The molecular weight excluding hydrogens is 277 g/mol. The number of carboxylic acid groups (broad SMARTS) is 1. The molecule has 0 radical (unpaired) electrons. The van der Waals surface area contributed by atoms with Crippen LogP contribution in [0.5, 0.6) is 0 Å². The van der Waals surface area contributed by atoms with Crippen molar-refractivity contribution in [2.24, 2.45) is 11.8 Å². The van der Waals surface area contributed by atoms with Crippen molar-refractivity contribution in [1.29, 1.82) is 0 Å². The van der Waals surface area contributed by atoms with E-state index in [0.29, 0.717) is 13.2 Å². The van der Waals surface area contributed by atoms with Gasteiger partial charge in [0.25, 0.3) is 0 Å². The van der Waals surface area contributed by atoms with Crippen LogP contribution in [0.15, 0.2) is 18.2 Å². The summed E-state index contributed by atoms with van der Waals surface area (Å²) in [6.07, 6.45) is 1.60. The molecule has 1 fully saturated rings. The predicted octanol–water partition coefficient (Wildman–Crippen LogP) is 2.53. The lowest BCUT2D eigenvalue weighted by Crippen LogP contribution is -2.31. The Balaban J connectivity index is 2.07. The fourth-order valence-electron chi connectivity index (χ4n) is 2.43. The van der Waals surface area contributed by atoms with E-state index in [9.17, 15) is 14.0 Å². The third-order valence-corrected chi connectivity index (χ3v) is 3.86. The summed E-state index contributed by atoms with van der Waals surface area (Å²) in [6.45, 7) is 3.06. The molecular formula is C15H18FNO4. The number of benzene rings is 1. The zero-order valence-corrected chi connectivity index (χ0v) is 11.8. The van der Waals surface area contributed by atoms with Crippen molar-refractivity contribution >= 4 is 17.6 Å². The molecule has 0 saturated carbocycles. The van der Waals surface area contributed by atoms with Gasteiger partial charge >= 0.3 is 5.97 Å². The summed E-state index contributed by atoms with van der Waals surface area (Å²) in [6, 6.07) is 3.33. The zero-order chi connectivity index (χ0) is 15.4. The SMILES string of the molecule is CC(C(=O)Nc1cc(C(=O)O)ccc1F)C1CCOCC1. The van der Waals surface area contributed by atoms with Crippen LogP contribution in [0.25, 0.3) is 0 Å². The van der Waals surface area contributed by atoms with E-state index in [-0.39, 0.29) is 29.0 Å². The highest BCUT2D eigenvalue weighted by Crippen LogP contribution is 2.25. The van der Waals surface area contributed by atoms with E-state index < -0.39 is 11.8 Å². The van der Waals surface area contributed by atoms with Crippen molar-refractivity contribution in [2.45, 2.75) is 19.8 Å². The Bertz CT molecular complexity index is 540. The van der Waals surface area contributed by atoms with E-state index in [1.54, 1.807) is 6.92 Å². The van der Waals surface area contributed by atoms with Crippen molar-refractivity contribution in [3.05, 3.63) is 29.6 Å². The number of rotatable bonds is 4. The van der Waals surface area contributed by atoms with Crippen LogP contribution in [0.4, 0.5) is 10.1 Å². The van der Waals surface area contributed by atoms with Gasteiger partial charge in [0, 0.05) is 19.1 Å². The molecule has 2 N–H and O–H groups in total. The molecule has 0 bridgehead atoms. The third kappa shape index (κ3) is 3.78. The van der Waals surface area contributed by atoms with Gasteiger partial charge in [-0.2, -0.15) is 0 Å². The predicted molar refractivity (Wildman–Crippen MR) is 74.7 cm³/mol. The summed E-state index contributed by atoms with van der Waals surface area (Å²) in [4.78, 5) is 23.1. The fourth-order valence-corrected chi connectivity index (χ4v) is 2.43. The molecule has 21 heavy (non-hydrogen) atoms. The highest BCUT2D eigenvalue weighted by atomic mass is 19.1. The van der Waals surface area contributed by atoms with Gasteiger partial charge in [0.2, 0.25) is 5.91 Å². The molecule has 1 atom stereocenters. The van der Waals surface area contributed by atoms with Gasteiger partial charge in [-0.15, -0.1) is 0 Å². The van der Waals surface area contributed by atoms with E-state index in [2.05, 4.69) is 5.32 Å². The highest BCUT2D eigenvalue weighted by molar-refractivity contribution is 5.95. The third-order valence-electron chi connectivity index (χ3n) is 3.86. The summed E-state index contributed by atoms with van der Waals surface area (Å²) in [5.74, 6) is -2.19. The molecule has 6 heteroatoms. The van der Waals surface area contributed by atoms with E-state index in [1.165, 1.54) is 0 Å². The number of hydrogen-bond donors (Lipinski definition) is 2. The quantitative estimate of drug-likeness (QED) is 0.895. The topological polar surface area (TPSA) is 75.6 Å². The Morgan fingerprint density at radius 3 is 2.67 bits per heavy atom. The van der Waals surface area contributed by atoms with Crippen LogP contribution >= 0.6 is 0 Å². The fraction of sp³-hybridized carbons (Fsp3) is 0.467. The number of nitrogens with one attached hydrogen (secondary N) is 1. The van der Waals surface area contributed by atoms with Crippen LogP contribution in [-0.2, 0) is 9.53 Å². The summed E-state index contributed by atoms with van der Waals surface area (Å²) < 4.78 is 18.9. The molecule has 0 spiro atoms. The molecule has 1 saturated heterocycles.